The lowest BCUT2D eigenvalue weighted by atomic mass is 9.95. The Morgan fingerprint density at radius 1 is 1.00 bits per heavy atom. The predicted molar refractivity (Wildman–Crippen MR) is 70.6 cm³/mol. The van der Waals surface area contributed by atoms with Crippen LogP contribution in [0.4, 0.5) is 0 Å². The molecule has 0 unspecified atom stereocenters. The number of ketones is 2. The van der Waals surface area contributed by atoms with Crippen molar-refractivity contribution in [3.63, 3.8) is 0 Å². The van der Waals surface area contributed by atoms with E-state index in [1.807, 2.05) is 4.90 Å². The number of carbonyl (C=O) groups is 2. The molecule has 1 saturated heterocycles. The van der Waals surface area contributed by atoms with E-state index in [9.17, 15) is 14.7 Å². The number of methoxy groups -OCH3 is 2. The molecule has 1 N–H and O–H groups in total. The van der Waals surface area contributed by atoms with E-state index in [2.05, 4.69) is 0 Å². The van der Waals surface area contributed by atoms with Gasteiger partial charge in [-0.15, -0.1) is 0 Å². The highest BCUT2D eigenvalue weighted by molar-refractivity contribution is 6.23. The molecule has 20 heavy (non-hydrogen) atoms. The third kappa shape index (κ3) is 2.31. The molecule has 1 aliphatic carbocycles. The minimum absolute atomic E-state index is 0.0877. The second-order valence-electron chi connectivity index (χ2n) is 4.76. The number of aliphatic hydroxyl groups excluding tert-OH is 1. The molecule has 110 valence electrons. The summed E-state index contributed by atoms with van der Waals surface area (Å²) in [5.74, 6) is -1.10. The van der Waals surface area contributed by atoms with Crippen LogP contribution in [0.5, 0.6) is 0 Å². The molecule has 0 aromatic carbocycles. The van der Waals surface area contributed by atoms with Gasteiger partial charge in [-0.05, 0) is 19.3 Å². The van der Waals surface area contributed by atoms with Crippen LogP contribution in [0.1, 0.15) is 19.3 Å². The number of allylic oxidation sites excluding steroid dienone is 1. The van der Waals surface area contributed by atoms with E-state index in [1.54, 1.807) is 0 Å². The molecule has 0 radical (unpaired) electrons. The number of hydrogen-bond acceptors (Lipinski definition) is 6. The van der Waals surface area contributed by atoms with E-state index in [0.29, 0.717) is 13.1 Å². The van der Waals surface area contributed by atoms with Gasteiger partial charge in [0.1, 0.15) is 0 Å². The molecule has 0 aromatic rings. The third-order valence-electron chi connectivity index (χ3n) is 3.63. The van der Waals surface area contributed by atoms with Crippen molar-refractivity contribution >= 4 is 11.6 Å². The lowest BCUT2D eigenvalue weighted by molar-refractivity contribution is -0.122. The van der Waals surface area contributed by atoms with Crippen LogP contribution in [0.15, 0.2) is 22.8 Å². The smallest absolute Gasteiger partial charge is 0.248 e. The summed E-state index contributed by atoms with van der Waals surface area (Å²) < 4.78 is 10.00. The zero-order valence-electron chi connectivity index (χ0n) is 11.8. The molecule has 2 aliphatic rings. The van der Waals surface area contributed by atoms with Crippen LogP contribution in [0.25, 0.3) is 0 Å². The van der Waals surface area contributed by atoms with Crippen molar-refractivity contribution in [3.8, 4) is 0 Å². The third-order valence-corrected chi connectivity index (χ3v) is 3.63. The maximum Gasteiger partial charge on any atom is 0.248 e. The van der Waals surface area contributed by atoms with Gasteiger partial charge in [-0.1, -0.05) is 0 Å². The van der Waals surface area contributed by atoms with Crippen molar-refractivity contribution in [2.45, 2.75) is 19.3 Å². The van der Waals surface area contributed by atoms with E-state index < -0.39 is 18.2 Å². The molecule has 2 rings (SSSR count). The van der Waals surface area contributed by atoms with Gasteiger partial charge in [0, 0.05) is 13.1 Å². The Morgan fingerprint density at radius 2 is 1.55 bits per heavy atom. The van der Waals surface area contributed by atoms with E-state index >= 15 is 0 Å². The van der Waals surface area contributed by atoms with E-state index in [4.69, 9.17) is 9.47 Å². The molecule has 6 nitrogen and oxygen atoms in total. The molecule has 6 heteroatoms. The van der Waals surface area contributed by atoms with Gasteiger partial charge in [-0.3, -0.25) is 9.59 Å². The number of ether oxygens (including phenoxy) is 2. The summed E-state index contributed by atoms with van der Waals surface area (Å²) in [4.78, 5) is 26.7. The first-order valence-electron chi connectivity index (χ1n) is 6.66. The number of carbonyl (C=O) groups excluding carboxylic acids is 2. The Morgan fingerprint density at radius 3 is 2.05 bits per heavy atom. The lowest BCUT2D eigenvalue weighted by Gasteiger charge is -2.33. The highest BCUT2D eigenvalue weighted by Gasteiger charge is 2.39. The van der Waals surface area contributed by atoms with Gasteiger partial charge in [0.15, 0.2) is 0 Å². The average molecular weight is 281 g/mol. The van der Waals surface area contributed by atoms with Gasteiger partial charge in [-0.2, -0.15) is 0 Å². The maximum absolute atomic E-state index is 12.5. The summed E-state index contributed by atoms with van der Waals surface area (Å²) in [5.41, 5.74) is 0.351. The Balaban J connectivity index is 2.46. The summed E-state index contributed by atoms with van der Waals surface area (Å²) in [6.45, 7) is 0.925. The summed E-state index contributed by atoms with van der Waals surface area (Å²) in [6.07, 6.45) is 3.04. The number of likely N-dealkylation sites (tertiary alicyclic amines) is 1. The highest BCUT2D eigenvalue weighted by atomic mass is 16.5. The molecule has 0 aromatic heterocycles. The van der Waals surface area contributed by atoms with Gasteiger partial charge < -0.3 is 19.5 Å². The van der Waals surface area contributed by atoms with Crippen LogP contribution in [0.3, 0.4) is 0 Å². The minimum atomic E-state index is -0.486. The average Bonchev–Trinajstić information content (AvgIpc) is 2.49. The predicted octanol–water partition coefficient (Wildman–Crippen LogP) is 0.375. The van der Waals surface area contributed by atoms with Crippen molar-refractivity contribution < 1.29 is 24.2 Å². The van der Waals surface area contributed by atoms with Gasteiger partial charge in [0.25, 0.3) is 0 Å². The number of piperidine rings is 1. The van der Waals surface area contributed by atoms with Crippen LogP contribution in [-0.4, -0.2) is 55.5 Å². The Bertz CT molecular complexity index is 486. The maximum atomic E-state index is 12.5. The summed E-state index contributed by atoms with van der Waals surface area (Å²) in [7, 11) is 2.64. The van der Waals surface area contributed by atoms with E-state index in [-0.39, 0.29) is 22.8 Å². The first-order chi connectivity index (χ1) is 9.65. The fourth-order valence-corrected chi connectivity index (χ4v) is 2.66. The van der Waals surface area contributed by atoms with E-state index in [1.165, 1.54) is 14.2 Å². The van der Waals surface area contributed by atoms with E-state index in [0.717, 1.165) is 19.3 Å². The fourth-order valence-electron chi connectivity index (χ4n) is 2.66. The number of Topliss-reactive ketones (excluding diaryl/α,β-unsaturated/α-hetero) is 2. The highest BCUT2D eigenvalue weighted by Crippen LogP contribution is 2.29. The first kappa shape index (κ1) is 14.6. The number of nitrogens with zero attached hydrogens (tertiary/aromatic N) is 1. The molecule has 0 bridgehead atoms. The zero-order valence-corrected chi connectivity index (χ0v) is 11.8. The minimum Gasteiger partial charge on any atom is -0.489 e. The normalized spacial score (nSPS) is 20.6. The molecule has 0 atom stereocenters. The number of aliphatic hydroxyl groups is 1. The van der Waals surface area contributed by atoms with Crippen LogP contribution in [0.2, 0.25) is 0 Å². The van der Waals surface area contributed by atoms with Crippen molar-refractivity contribution in [1.82, 2.24) is 4.90 Å². The zero-order chi connectivity index (χ0) is 14.7. The summed E-state index contributed by atoms with van der Waals surface area (Å²) in [5, 5.41) is 9.48. The summed E-state index contributed by atoms with van der Waals surface area (Å²) in [6, 6.07) is 0. The molecule has 0 spiro atoms. The quantitative estimate of drug-likeness (QED) is 0.751. The molecular formula is C14H19NO5. The van der Waals surface area contributed by atoms with Gasteiger partial charge in [0.2, 0.25) is 23.1 Å². The Kier molecular flexibility index (Phi) is 4.44. The number of hydrogen-bond donors (Lipinski definition) is 1. The second-order valence-corrected chi connectivity index (χ2v) is 4.76. The number of rotatable bonds is 4. The van der Waals surface area contributed by atoms with Gasteiger partial charge >= 0.3 is 0 Å². The second kappa shape index (κ2) is 6.09. The van der Waals surface area contributed by atoms with Crippen LogP contribution in [0, 0.1) is 0 Å². The van der Waals surface area contributed by atoms with Gasteiger partial charge in [0.05, 0.1) is 32.1 Å². The van der Waals surface area contributed by atoms with Crippen molar-refractivity contribution in [3.05, 3.63) is 22.8 Å². The molecular weight excluding hydrogens is 262 g/mol. The monoisotopic (exact) mass is 281 g/mol. The molecule has 0 amide bonds. The molecule has 1 fully saturated rings. The summed E-state index contributed by atoms with van der Waals surface area (Å²) >= 11 is 0. The van der Waals surface area contributed by atoms with Crippen molar-refractivity contribution in [1.29, 1.82) is 0 Å². The van der Waals surface area contributed by atoms with Crippen LogP contribution < -0.4 is 0 Å². The standard InChI is InChI=1S/C14H19NO5/c1-19-13-11(17)9(8-16)10(12(18)14(13)20-2)15-6-4-3-5-7-15/h16H,3-8H2,1-2H3. The van der Waals surface area contributed by atoms with Crippen molar-refractivity contribution in [2.24, 2.45) is 0 Å². The Hall–Kier alpha value is -1.82. The van der Waals surface area contributed by atoms with Crippen LogP contribution >= 0.6 is 0 Å². The lowest BCUT2D eigenvalue weighted by Crippen LogP contribution is -2.39. The van der Waals surface area contributed by atoms with Gasteiger partial charge in [-0.25, -0.2) is 0 Å². The largest absolute Gasteiger partial charge is 0.489 e. The Labute approximate surface area is 117 Å². The molecule has 1 aliphatic heterocycles. The van der Waals surface area contributed by atoms with Crippen molar-refractivity contribution in [2.75, 3.05) is 33.9 Å². The topological polar surface area (TPSA) is 76.1 Å². The first-order valence-corrected chi connectivity index (χ1v) is 6.66. The van der Waals surface area contributed by atoms with Crippen LogP contribution in [-0.2, 0) is 19.1 Å². The molecule has 0 saturated carbocycles. The SMILES string of the molecule is COC1=C(OC)C(=O)C(N2CCCCC2)=C(CO)C1=O. The molecule has 1 heterocycles. The fraction of sp³-hybridized carbons (Fsp3) is 0.571.